The summed E-state index contributed by atoms with van der Waals surface area (Å²) < 4.78 is 7.56. The monoisotopic (exact) mass is 298 g/mol. The van der Waals surface area contributed by atoms with Gasteiger partial charge in [0.05, 0.1) is 23.8 Å². The zero-order valence-electron chi connectivity index (χ0n) is 11.5. The van der Waals surface area contributed by atoms with Gasteiger partial charge in [-0.2, -0.15) is 0 Å². The summed E-state index contributed by atoms with van der Waals surface area (Å²) in [5, 5.41) is 9.84. The van der Waals surface area contributed by atoms with Crippen LogP contribution in [0.1, 0.15) is 36.3 Å². The number of carbonyl (C=O) groups excluding carboxylic acids is 1. The van der Waals surface area contributed by atoms with Crippen molar-refractivity contribution in [2.75, 3.05) is 19.7 Å². The number of aliphatic hydroxyl groups excluding tert-OH is 1. The maximum absolute atomic E-state index is 12.7. The topological polar surface area (TPSA) is 54.7 Å². The zero-order valence-corrected chi connectivity index (χ0v) is 12.2. The van der Waals surface area contributed by atoms with Crippen molar-refractivity contribution in [1.82, 2.24) is 9.47 Å². The maximum atomic E-state index is 12.7. The number of nitrogens with zero attached hydrogens (tertiary/aromatic N) is 2. The number of carbonyl (C=O) groups is 1. The van der Waals surface area contributed by atoms with Crippen LogP contribution in [0.5, 0.6) is 0 Å². The van der Waals surface area contributed by atoms with Gasteiger partial charge in [-0.25, -0.2) is 0 Å². The average molecular weight is 299 g/mol. The van der Waals surface area contributed by atoms with Crippen molar-refractivity contribution >= 4 is 17.5 Å². The van der Waals surface area contributed by atoms with Crippen molar-refractivity contribution in [1.29, 1.82) is 0 Å². The fourth-order valence-electron chi connectivity index (χ4n) is 2.75. The first-order valence-corrected chi connectivity index (χ1v) is 7.39. The average Bonchev–Trinajstić information content (AvgIpc) is 3.20. The number of morpholine rings is 1. The largest absolute Gasteiger partial charge is 0.394 e. The van der Waals surface area contributed by atoms with E-state index < -0.39 is 0 Å². The van der Waals surface area contributed by atoms with E-state index in [1.54, 1.807) is 11.0 Å². The van der Waals surface area contributed by atoms with Crippen LogP contribution < -0.4 is 0 Å². The molecule has 6 heteroatoms. The minimum Gasteiger partial charge on any atom is -0.394 e. The Morgan fingerprint density at radius 2 is 2.25 bits per heavy atom. The van der Waals surface area contributed by atoms with Crippen LogP contribution in [0.15, 0.2) is 12.3 Å². The molecule has 0 radical (unpaired) electrons. The number of rotatable bonds is 3. The Labute approximate surface area is 123 Å². The fourth-order valence-corrected chi connectivity index (χ4v) is 2.95. The van der Waals surface area contributed by atoms with Gasteiger partial charge >= 0.3 is 0 Å². The van der Waals surface area contributed by atoms with Crippen LogP contribution in [0, 0.1) is 0 Å². The summed E-state index contributed by atoms with van der Waals surface area (Å²) >= 11 is 6.05. The molecule has 2 fully saturated rings. The van der Waals surface area contributed by atoms with Gasteiger partial charge in [-0.1, -0.05) is 11.6 Å². The molecule has 5 nitrogen and oxygen atoms in total. The normalized spacial score (nSPS) is 26.9. The van der Waals surface area contributed by atoms with Crippen molar-refractivity contribution in [3.8, 4) is 0 Å². The number of aliphatic hydroxyl groups is 1. The van der Waals surface area contributed by atoms with Gasteiger partial charge in [-0.3, -0.25) is 4.79 Å². The Hall–Kier alpha value is -1.04. The minimum atomic E-state index is -0.303. The number of halogens is 1. The van der Waals surface area contributed by atoms with E-state index in [1.165, 1.54) is 0 Å². The predicted molar refractivity (Wildman–Crippen MR) is 75.0 cm³/mol. The van der Waals surface area contributed by atoms with Crippen LogP contribution in [0.3, 0.4) is 0 Å². The Kier molecular flexibility index (Phi) is 3.75. The first-order chi connectivity index (χ1) is 9.58. The SMILES string of the molecule is CC1CN(C(=O)c2cc(Cl)cn2C2CC2)CC(CO)O1. The van der Waals surface area contributed by atoms with Crippen LogP contribution in [0.4, 0.5) is 0 Å². The van der Waals surface area contributed by atoms with E-state index in [0.717, 1.165) is 12.8 Å². The van der Waals surface area contributed by atoms with Gasteiger partial charge in [-0.05, 0) is 25.8 Å². The van der Waals surface area contributed by atoms with Crippen LogP contribution in [-0.2, 0) is 4.74 Å². The highest BCUT2D eigenvalue weighted by Crippen LogP contribution is 2.37. The second kappa shape index (κ2) is 5.39. The molecule has 1 aliphatic carbocycles. The minimum absolute atomic E-state index is 0.0302. The van der Waals surface area contributed by atoms with E-state index in [-0.39, 0.29) is 24.7 Å². The van der Waals surface area contributed by atoms with Gasteiger partial charge in [0.1, 0.15) is 5.69 Å². The molecule has 0 bridgehead atoms. The molecule has 3 rings (SSSR count). The van der Waals surface area contributed by atoms with Crippen molar-refractivity contribution in [2.45, 2.75) is 38.0 Å². The zero-order chi connectivity index (χ0) is 14.3. The van der Waals surface area contributed by atoms with Crippen molar-refractivity contribution in [3.63, 3.8) is 0 Å². The first kappa shape index (κ1) is 13.9. The second-order valence-corrected chi connectivity index (χ2v) is 6.08. The van der Waals surface area contributed by atoms with Crippen LogP contribution in [-0.4, -0.2) is 52.4 Å². The third kappa shape index (κ3) is 2.71. The van der Waals surface area contributed by atoms with E-state index in [9.17, 15) is 9.90 Å². The molecule has 20 heavy (non-hydrogen) atoms. The summed E-state index contributed by atoms with van der Waals surface area (Å²) in [5.41, 5.74) is 0.642. The summed E-state index contributed by atoms with van der Waals surface area (Å²) in [6.07, 6.45) is 3.67. The number of hydrogen-bond donors (Lipinski definition) is 1. The molecule has 1 saturated heterocycles. The third-order valence-electron chi connectivity index (χ3n) is 3.79. The van der Waals surface area contributed by atoms with Crippen molar-refractivity contribution < 1.29 is 14.6 Å². The van der Waals surface area contributed by atoms with E-state index in [0.29, 0.717) is 29.8 Å². The highest BCUT2D eigenvalue weighted by Gasteiger charge is 2.33. The summed E-state index contributed by atoms with van der Waals surface area (Å²) in [5.74, 6) is -0.0302. The molecule has 110 valence electrons. The van der Waals surface area contributed by atoms with E-state index >= 15 is 0 Å². The van der Waals surface area contributed by atoms with Gasteiger partial charge in [-0.15, -0.1) is 0 Å². The smallest absolute Gasteiger partial charge is 0.270 e. The van der Waals surface area contributed by atoms with Crippen LogP contribution in [0.2, 0.25) is 5.02 Å². The highest BCUT2D eigenvalue weighted by molar-refractivity contribution is 6.31. The lowest BCUT2D eigenvalue weighted by Crippen LogP contribution is -2.50. The molecule has 0 spiro atoms. The molecule has 2 heterocycles. The first-order valence-electron chi connectivity index (χ1n) is 7.01. The summed E-state index contributed by atoms with van der Waals surface area (Å²) in [6, 6.07) is 2.14. The molecule has 1 aliphatic heterocycles. The molecule has 1 saturated carbocycles. The number of hydrogen-bond acceptors (Lipinski definition) is 3. The molecule has 2 aliphatic rings. The number of aromatic nitrogens is 1. The molecule has 0 aromatic carbocycles. The lowest BCUT2D eigenvalue weighted by Gasteiger charge is -2.36. The van der Waals surface area contributed by atoms with Gasteiger partial charge in [0.2, 0.25) is 0 Å². The van der Waals surface area contributed by atoms with Crippen molar-refractivity contribution in [3.05, 3.63) is 23.0 Å². The lowest BCUT2D eigenvalue weighted by atomic mass is 10.2. The summed E-state index contributed by atoms with van der Waals surface area (Å²) in [7, 11) is 0. The maximum Gasteiger partial charge on any atom is 0.270 e. The van der Waals surface area contributed by atoms with Crippen LogP contribution >= 0.6 is 11.6 Å². The quantitative estimate of drug-likeness (QED) is 0.924. The Bertz CT molecular complexity index is 513. The van der Waals surface area contributed by atoms with Gasteiger partial charge in [0.25, 0.3) is 5.91 Å². The molecule has 2 unspecified atom stereocenters. The van der Waals surface area contributed by atoms with E-state index in [2.05, 4.69) is 0 Å². The molecule has 1 N–H and O–H groups in total. The molecule has 1 aromatic rings. The molecular formula is C14H19ClN2O3. The van der Waals surface area contributed by atoms with E-state index in [1.807, 2.05) is 17.7 Å². The predicted octanol–water partition coefficient (Wildman–Crippen LogP) is 1.70. The number of ether oxygens (including phenoxy) is 1. The molecule has 1 aromatic heterocycles. The molecular weight excluding hydrogens is 280 g/mol. The van der Waals surface area contributed by atoms with Gasteiger partial charge < -0.3 is 19.3 Å². The van der Waals surface area contributed by atoms with Crippen LogP contribution in [0.25, 0.3) is 0 Å². The summed E-state index contributed by atoms with van der Waals surface area (Å²) in [6.45, 7) is 2.81. The Morgan fingerprint density at radius 1 is 1.50 bits per heavy atom. The molecule has 1 amide bonds. The van der Waals surface area contributed by atoms with E-state index in [4.69, 9.17) is 16.3 Å². The number of amides is 1. The fraction of sp³-hybridized carbons (Fsp3) is 0.643. The highest BCUT2D eigenvalue weighted by atomic mass is 35.5. The second-order valence-electron chi connectivity index (χ2n) is 5.64. The Balaban J connectivity index is 1.81. The Morgan fingerprint density at radius 3 is 2.90 bits per heavy atom. The lowest BCUT2D eigenvalue weighted by molar-refractivity contribution is -0.0860. The standard InChI is InChI=1S/C14H19ClN2O3/c1-9-5-16(7-12(8-18)20-9)14(19)13-4-10(15)6-17(13)11-2-3-11/h4,6,9,11-12,18H,2-3,5,7-8H2,1H3. The van der Waals surface area contributed by atoms with Crippen molar-refractivity contribution in [2.24, 2.45) is 0 Å². The summed E-state index contributed by atoms with van der Waals surface area (Å²) in [4.78, 5) is 14.4. The van der Waals surface area contributed by atoms with Gasteiger partial charge in [0, 0.05) is 25.3 Å². The molecule has 2 atom stereocenters. The third-order valence-corrected chi connectivity index (χ3v) is 4.00. The van der Waals surface area contributed by atoms with Gasteiger partial charge in [0.15, 0.2) is 0 Å².